The summed E-state index contributed by atoms with van der Waals surface area (Å²) in [5.41, 5.74) is -1.90. The molecule has 8 bridgehead atoms. The van der Waals surface area contributed by atoms with Crippen molar-refractivity contribution in [3.8, 4) is 46.0 Å². The summed E-state index contributed by atoms with van der Waals surface area (Å²) in [7, 11) is 0. The number of carbonyl (C=O) groups is 4. The second-order valence-electron chi connectivity index (χ2n) is 20.9. The third kappa shape index (κ3) is 12.8. The maximum absolute atomic E-state index is 13.4. The Hall–Kier alpha value is -6.84. The fourth-order valence-electron chi connectivity index (χ4n) is 7.62. The SMILES string of the molecule is C[C@@H]1c2cc(c(O)cc2O)[C@H](C)c2cc(c(OC(=O)OC(C)(C)C)cc2OC(=O)OC(C)(C)C)[C@@H](C)c2cc(c(O)cc2O)[C@@H](C)c2cc1c(OC(=O)OC(C)(C)C)cc2OC(=O)OC(C)(C)C. The van der Waals surface area contributed by atoms with Gasteiger partial charge in [-0.05, 0) is 107 Å². The van der Waals surface area contributed by atoms with Crippen LogP contribution in [0.3, 0.4) is 0 Å². The average Bonchev–Trinajstić information content (AvgIpc) is 3.14. The van der Waals surface area contributed by atoms with E-state index < -0.39 is 70.7 Å². The van der Waals surface area contributed by atoms with Gasteiger partial charge in [-0.2, -0.15) is 0 Å². The molecule has 0 amide bonds. The van der Waals surface area contributed by atoms with Gasteiger partial charge in [-0.15, -0.1) is 0 Å². The molecule has 0 spiro atoms. The number of benzene rings is 4. The average molecular weight is 945 g/mol. The van der Waals surface area contributed by atoms with Gasteiger partial charge in [0, 0.05) is 92.4 Å². The molecule has 68 heavy (non-hydrogen) atoms. The molecule has 4 atom stereocenters. The molecule has 0 unspecified atom stereocenters. The maximum atomic E-state index is 13.4. The molecule has 1 aliphatic rings. The number of hydrogen-bond acceptors (Lipinski definition) is 16. The van der Waals surface area contributed by atoms with E-state index in [0.717, 1.165) is 12.1 Å². The van der Waals surface area contributed by atoms with E-state index in [9.17, 15) is 39.6 Å². The zero-order chi connectivity index (χ0) is 51.2. The fraction of sp³-hybridized carbons (Fsp3) is 0.462. The fourth-order valence-corrected chi connectivity index (χ4v) is 7.62. The van der Waals surface area contributed by atoms with Crippen LogP contribution in [0.5, 0.6) is 46.0 Å². The highest BCUT2D eigenvalue weighted by Gasteiger charge is 2.34. The number of phenols is 4. The summed E-state index contributed by atoms with van der Waals surface area (Å²) in [6, 6.07) is 11.2. The van der Waals surface area contributed by atoms with Gasteiger partial charge in [0.05, 0.1) is 0 Å². The van der Waals surface area contributed by atoms with Crippen molar-refractivity contribution in [1.29, 1.82) is 0 Å². The first-order chi connectivity index (χ1) is 31.1. The zero-order valence-electron chi connectivity index (χ0n) is 41.6. The van der Waals surface area contributed by atoms with Crippen LogP contribution in [0.1, 0.15) is 179 Å². The Labute approximate surface area is 397 Å². The van der Waals surface area contributed by atoms with E-state index in [4.69, 9.17) is 37.9 Å². The molecule has 4 aromatic rings. The van der Waals surface area contributed by atoms with Gasteiger partial charge in [-0.25, -0.2) is 19.2 Å². The minimum Gasteiger partial charge on any atom is -0.508 e. The van der Waals surface area contributed by atoms with Gasteiger partial charge in [0.2, 0.25) is 0 Å². The molecule has 368 valence electrons. The van der Waals surface area contributed by atoms with Crippen LogP contribution in [0.2, 0.25) is 0 Å². The number of rotatable bonds is 4. The summed E-state index contributed by atoms with van der Waals surface area (Å²) in [6.45, 7) is 26.7. The van der Waals surface area contributed by atoms with E-state index in [1.54, 1.807) is 135 Å². The standard InChI is InChI=1S/C52H64O16/c1-25-29-17-30(38(54)21-37(29)53)26(2)35-20-36(44(64-48(60)68-52(14,15)16)24-43(35)63-47(59)67-51(11,12)13)28(4)32-18-31(39(55)22-40(32)56)27(3)34-19-33(25)41(61-45(57)65-49(5,6)7)23-42(34)62-46(58)66-50(8,9)10/h17-28,53-56H,1-16H3/t25-,26+,27-,28+. The number of fused-ring (bicyclic) bond motifs is 8. The van der Waals surface area contributed by atoms with Gasteiger partial charge in [0.25, 0.3) is 0 Å². The lowest BCUT2D eigenvalue weighted by molar-refractivity contribution is 0.0175. The van der Waals surface area contributed by atoms with Crippen molar-refractivity contribution in [2.75, 3.05) is 0 Å². The normalized spacial score (nSPS) is 17.3. The lowest BCUT2D eigenvalue weighted by atomic mass is 9.80. The Bertz CT molecular complexity index is 2260. The molecule has 4 aromatic carbocycles. The van der Waals surface area contributed by atoms with Crippen LogP contribution >= 0.6 is 0 Å². The first kappa shape index (κ1) is 52.1. The van der Waals surface area contributed by atoms with Crippen molar-refractivity contribution in [2.45, 2.75) is 157 Å². The molecule has 0 saturated heterocycles. The third-order valence-electron chi connectivity index (χ3n) is 10.7. The molecule has 4 N–H and O–H groups in total. The van der Waals surface area contributed by atoms with Crippen molar-refractivity contribution >= 4 is 24.6 Å². The van der Waals surface area contributed by atoms with Crippen LogP contribution in [0.4, 0.5) is 19.2 Å². The third-order valence-corrected chi connectivity index (χ3v) is 10.7. The highest BCUT2D eigenvalue weighted by molar-refractivity contribution is 5.72. The van der Waals surface area contributed by atoms with Gasteiger partial charge in [0.1, 0.15) is 68.4 Å². The molecule has 0 aliphatic heterocycles. The lowest BCUT2D eigenvalue weighted by Crippen LogP contribution is -2.27. The summed E-state index contributed by atoms with van der Waals surface area (Å²) < 4.78 is 45.5. The van der Waals surface area contributed by atoms with E-state index in [1.165, 1.54) is 12.1 Å². The second-order valence-corrected chi connectivity index (χ2v) is 20.9. The van der Waals surface area contributed by atoms with E-state index >= 15 is 0 Å². The minimum absolute atomic E-state index is 0.132. The Balaban J connectivity index is 1.92. The number of ether oxygens (including phenoxy) is 8. The molecule has 0 saturated carbocycles. The molecular weight excluding hydrogens is 881 g/mol. The van der Waals surface area contributed by atoms with Crippen LogP contribution in [-0.4, -0.2) is 67.5 Å². The van der Waals surface area contributed by atoms with Gasteiger partial charge in [-0.1, -0.05) is 27.7 Å². The second kappa shape index (κ2) is 19.0. The minimum atomic E-state index is -1.09. The molecule has 16 heteroatoms. The molecule has 1 aliphatic carbocycles. The first-order valence-electron chi connectivity index (χ1n) is 22.2. The molecule has 0 fully saturated rings. The topological polar surface area (TPSA) is 223 Å². The summed E-state index contributed by atoms with van der Waals surface area (Å²) in [4.78, 5) is 53.6. The largest absolute Gasteiger partial charge is 0.514 e. The highest BCUT2D eigenvalue weighted by Crippen LogP contribution is 2.50. The van der Waals surface area contributed by atoms with Crippen molar-refractivity contribution in [3.05, 3.63) is 93.0 Å². The number of hydrogen-bond donors (Lipinski definition) is 4. The molecule has 16 nitrogen and oxygen atoms in total. The van der Waals surface area contributed by atoms with Crippen molar-refractivity contribution < 1.29 is 77.5 Å². The van der Waals surface area contributed by atoms with Gasteiger partial charge < -0.3 is 58.3 Å². The Morgan fingerprint density at radius 3 is 0.676 bits per heavy atom. The Morgan fingerprint density at radius 1 is 0.324 bits per heavy atom. The highest BCUT2D eigenvalue weighted by atomic mass is 16.8. The Kier molecular flexibility index (Phi) is 14.6. The molecular formula is C52H64O16. The van der Waals surface area contributed by atoms with E-state index in [2.05, 4.69) is 0 Å². The van der Waals surface area contributed by atoms with Crippen LogP contribution in [-0.2, 0) is 18.9 Å². The lowest BCUT2D eigenvalue weighted by Gasteiger charge is -2.28. The van der Waals surface area contributed by atoms with E-state index in [0.29, 0.717) is 0 Å². The first-order valence-corrected chi connectivity index (χ1v) is 22.2. The van der Waals surface area contributed by atoms with Crippen molar-refractivity contribution in [2.24, 2.45) is 0 Å². The van der Waals surface area contributed by atoms with Gasteiger partial charge in [-0.3, -0.25) is 0 Å². The van der Waals surface area contributed by atoms with E-state index in [-0.39, 0.29) is 90.5 Å². The molecule has 0 radical (unpaired) electrons. The van der Waals surface area contributed by atoms with Crippen LogP contribution in [0.25, 0.3) is 0 Å². The van der Waals surface area contributed by atoms with Crippen LogP contribution in [0.15, 0.2) is 48.5 Å². The molecule has 0 aromatic heterocycles. The molecule has 5 rings (SSSR count). The number of carbonyl (C=O) groups excluding carboxylic acids is 4. The smallest absolute Gasteiger partial charge is 0.508 e. The van der Waals surface area contributed by atoms with Crippen molar-refractivity contribution in [1.82, 2.24) is 0 Å². The predicted molar refractivity (Wildman–Crippen MR) is 250 cm³/mol. The van der Waals surface area contributed by atoms with Crippen LogP contribution in [0, 0.1) is 0 Å². The maximum Gasteiger partial charge on any atom is 0.514 e. The van der Waals surface area contributed by atoms with Crippen LogP contribution < -0.4 is 18.9 Å². The Morgan fingerprint density at radius 2 is 0.500 bits per heavy atom. The monoisotopic (exact) mass is 944 g/mol. The number of phenolic OH excluding ortho intramolecular Hbond substituents is 4. The van der Waals surface area contributed by atoms with E-state index in [1.807, 2.05) is 0 Å². The summed E-state index contributed by atoms with van der Waals surface area (Å²) in [5, 5.41) is 46.5. The summed E-state index contributed by atoms with van der Waals surface area (Å²) in [5.74, 6) is -5.44. The summed E-state index contributed by atoms with van der Waals surface area (Å²) in [6.07, 6.45) is -4.38. The summed E-state index contributed by atoms with van der Waals surface area (Å²) >= 11 is 0. The van der Waals surface area contributed by atoms with Crippen molar-refractivity contribution in [3.63, 3.8) is 0 Å². The van der Waals surface area contributed by atoms with Gasteiger partial charge in [0.15, 0.2) is 0 Å². The molecule has 0 heterocycles. The predicted octanol–water partition coefficient (Wildman–Crippen LogP) is 12.7. The zero-order valence-corrected chi connectivity index (χ0v) is 41.6. The quantitative estimate of drug-likeness (QED) is 0.0848. The number of aromatic hydroxyl groups is 4. The van der Waals surface area contributed by atoms with Gasteiger partial charge >= 0.3 is 24.6 Å².